The Morgan fingerprint density at radius 2 is 1.83 bits per heavy atom. The fourth-order valence-electron chi connectivity index (χ4n) is 2.61. The fourth-order valence-corrected chi connectivity index (χ4v) is 2.61. The molecule has 0 saturated carbocycles. The van der Waals surface area contributed by atoms with Gasteiger partial charge in [-0.1, -0.05) is 0 Å². The van der Waals surface area contributed by atoms with Gasteiger partial charge in [-0.3, -0.25) is 4.90 Å². The zero-order valence-electron chi connectivity index (χ0n) is 12.5. The van der Waals surface area contributed by atoms with Crippen molar-refractivity contribution in [2.45, 2.75) is 18.6 Å². The molecule has 0 spiro atoms. The lowest BCUT2D eigenvalue weighted by Crippen LogP contribution is -2.46. The van der Waals surface area contributed by atoms with E-state index in [0.717, 1.165) is 6.07 Å². The Morgan fingerprint density at radius 1 is 1.22 bits per heavy atom. The molecule has 9 heteroatoms. The minimum Gasteiger partial charge on any atom is -0.496 e. The van der Waals surface area contributed by atoms with Crippen molar-refractivity contribution in [1.82, 2.24) is 10.2 Å². The van der Waals surface area contributed by atoms with Gasteiger partial charge < -0.3 is 10.1 Å². The number of alkyl halides is 3. The summed E-state index contributed by atoms with van der Waals surface area (Å²) in [5.41, 5.74) is 0.247. The van der Waals surface area contributed by atoms with Gasteiger partial charge in [0, 0.05) is 37.8 Å². The molecule has 134 valence electrons. The van der Waals surface area contributed by atoms with Crippen molar-refractivity contribution in [3.05, 3.63) is 29.6 Å². The van der Waals surface area contributed by atoms with Crippen LogP contribution in [0.4, 0.5) is 17.6 Å². The maximum atomic E-state index is 13.5. The smallest absolute Gasteiger partial charge is 0.390 e. The zero-order valence-corrected chi connectivity index (χ0v) is 14.2. The van der Waals surface area contributed by atoms with Crippen molar-refractivity contribution >= 4 is 24.8 Å². The van der Waals surface area contributed by atoms with E-state index in [1.54, 1.807) is 4.90 Å². The van der Waals surface area contributed by atoms with Gasteiger partial charge in [-0.05, 0) is 18.2 Å². The minimum atomic E-state index is -4.33. The predicted octanol–water partition coefficient (Wildman–Crippen LogP) is 3.58. The SMILES string of the molecule is COc1ccc(F)cc1[C@H](CC(F)(F)F)N1CCNCC1.Cl.Cl. The number of piperazine rings is 1. The first kappa shape index (κ1) is 22.2. The monoisotopic (exact) mass is 378 g/mol. The summed E-state index contributed by atoms with van der Waals surface area (Å²) in [6, 6.07) is 2.76. The molecule has 0 radical (unpaired) electrons. The molecule has 1 aliphatic heterocycles. The van der Waals surface area contributed by atoms with Crippen LogP contribution in [0.3, 0.4) is 0 Å². The third-order valence-corrected chi connectivity index (χ3v) is 3.57. The summed E-state index contributed by atoms with van der Waals surface area (Å²) in [6.45, 7) is 2.21. The van der Waals surface area contributed by atoms with Gasteiger partial charge in [0.25, 0.3) is 0 Å². The van der Waals surface area contributed by atoms with Crippen molar-refractivity contribution in [2.75, 3.05) is 33.3 Å². The molecule has 1 fully saturated rings. The van der Waals surface area contributed by atoms with Gasteiger partial charge in [-0.25, -0.2) is 4.39 Å². The molecule has 0 aliphatic carbocycles. The van der Waals surface area contributed by atoms with E-state index in [4.69, 9.17) is 4.74 Å². The maximum absolute atomic E-state index is 13.5. The quantitative estimate of drug-likeness (QED) is 0.810. The van der Waals surface area contributed by atoms with Crippen LogP contribution in [0.25, 0.3) is 0 Å². The van der Waals surface area contributed by atoms with Crippen LogP contribution in [0.1, 0.15) is 18.0 Å². The van der Waals surface area contributed by atoms with E-state index in [1.807, 2.05) is 0 Å². The number of hydrogen-bond donors (Lipinski definition) is 1. The van der Waals surface area contributed by atoms with E-state index in [0.29, 0.717) is 26.2 Å². The van der Waals surface area contributed by atoms with Gasteiger partial charge in [0.1, 0.15) is 11.6 Å². The highest BCUT2D eigenvalue weighted by Crippen LogP contribution is 2.38. The molecule has 1 aromatic carbocycles. The zero-order chi connectivity index (χ0) is 15.5. The molecule has 0 aromatic heterocycles. The Balaban J connectivity index is 0.00000242. The number of halogens is 6. The first-order chi connectivity index (χ1) is 9.90. The summed E-state index contributed by atoms with van der Waals surface area (Å²) >= 11 is 0. The average Bonchev–Trinajstić information content (AvgIpc) is 2.45. The third kappa shape index (κ3) is 6.33. The first-order valence-corrected chi connectivity index (χ1v) is 6.75. The highest BCUT2D eigenvalue weighted by molar-refractivity contribution is 5.85. The number of nitrogens with zero attached hydrogens (tertiary/aromatic N) is 1. The first-order valence-electron chi connectivity index (χ1n) is 6.75. The highest BCUT2D eigenvalue weighted by atomic mass is 35.5. The van der Waals surface area contributed by atoms with Crippen LogP contribution in [0, 0.1) is 5.82 Å². The molecule has 0 unspecified atom stereocenters. The second-order valence-electron chi connectivity index (χ2n) is 5.01. The van der Waals surface area contributed by atoms with Crippen molar-refractivity contribution in [1.29, 1.82) is 0 Å². The lowest BCUT2D eigenvalue weighted by molar-refractivity contribution is -0.148. The molecule has 1 saturated heterocycles. The Labute approximate surface area is 145 Å². The molecular weight excluding hydrogens is 359 g/mol. The van der Waals surface area contributed by atoms with E-state index < -0.39 is 24.5 Å². The summed E-state index contributed by atoms with van der Waals surface area (Å²) in [6.07, 6.45) is -5.35. The van der Waals surface area contributed by atoms with Crippen LogP contribution < -0.4 is 10.1 Å². The minimum absolute atomic E-state index is 0. The van der Waals surface area contributed by atoms with Gasteiger partial charge in [0.05, 0.1) is 13.5 Å². The van der Waals surface area contributed by atoms with E-state index in [1.165, 1.54) is 19.2 Å². The number of hydrogen-bond acceptors (Lipinski definition) is 3. The molecule has 23 heavy (non-hydrogen) atoms. The highest BCUT2D eigenvalue weighted by Gasteiger charge is 2.37. The summed E-state index contributed by atoms with van der Waals surface area (Å²) in [5, 5.41) is 3.10. The molecule has 1 aromatic rings. The standard InChI is InChI=1S/C14H18F4N2O.2ClH/c1-21-13-3-2-10(15)8-11(13)12(9-14(16,17)18)20-6-4-19-5-7-20;;/h2-3,8,12,19H,4-7,9H2,1H3;2*1H/t12-;;/m0../s1. The van der Waals surface area contributed by atoms with Crippen molar-refractivity contribution in [3.8, 4) is 5.75 Å². The lowest BCUT2D eigenvalue weighted by Gasteiger charge is -2.36. The Kier molecular flexibility index (Phi) is 9.20. The molecule has 3 nitrogen and oxygen atoms in total. The van der Waals surface area contributed by atoms with Gasteiger partial charge >= 0.3 is 6.18 Å². The van der Waals surface area contributed by atoms with Crippen LogP contribution in [-0.4, -0.2) is 44.4 Å². The molecule has 1 heterocycles. The van der Waals surface area contributed by atoms with Gasteiger partial charge in [-0.2, -0.15) is 13.2 Å². The van der Waals surface area contributed by atoms with E-state index >= 15 is 0 Å². The van der Waals surface area contributed by atoms with Crippen molar-refractivity contribution in [2.24, 2.45) is 0 Å². The molecule has 0 bridgehead atoms. The number of benzene rings is 1. The summed E-state index contributed by atoms with van der Waals surface area (Å²) < 4.78 is 57.3. The van der Waals surface area contributed by atoms with Gasteiger partial charge in [0.15, 0.2) is 0 Å². The molecule has 1 aliphatic rings. The van der Waals surface area contributed by atoms with Crippen LogP contribution in [0.5, 0.6) is 5.75 Å². The van der Waals surface area contributed by atoms with Crippen LogP contribution in [0.2, 0.25) is 0 Å². The molecule has 1 atom stereocenters. The normalized spacial score (nSPS) is 16.9. The average molecular weight is 379 g/mol. The Hall–Kier alpha value is -0.760. The van der Waals surface area contributed by atoms with Crippen LogP contribution >= 0.6 is 24.8 Å². The lowest BCUT2D eigenvalue weighted by atomic mass is 9.99. The topological polar surface area (TPSA) is 24.5 Å². The van der Waals surface area contributed by atoms with E-state index in [2.05, 4.69) is 5.32 Å². The number of methoxy groups -OCH3 is 1. The van der Waals surface area contributed by atoms with Crippen LogP contribution in [0.15, 0.2) is 18.2 Å². The summed E-state index contributed by atoms with van der Waals surface area (Å²) in [5.74, 6) is -0.280. The second-order valence-corrected chi connectivity index (χ2v) is 5.01. The van der Waals surface area contributed by atoms with Gasteiger partial charge in [0.2, 0.25) is 0 Å². The maximum Gasteiger partial charge on any atom is 0.390 e. The van der Waals surface area contributed by atoms with Crippen molar-refractivity contribution in [3.63, 3.8) is 0 Å². The summed E-state index contributed by atoms with van der Waals surface area (Å²) in [7, 11) is 1.37. The second kappa shape index (κ2) is 9.52. The Morgan fingerprint density at radius 3 is 2.35 bits per heavy atom. The summed E-state index contributed by atoms with van der Waals surface area (Å²) in [4.78, 5) is 1.72. The molecule has 1 N–H and O–H groups in total. The number of ether oxygens (including phenoxy) is 1. The molecule has 2 rings (SSSR count). The number of nitrogens with one attached hydrogen (secondary N) is 1. The third-order valence-electron chi connectivity index (χ3n) is 3.57. The Bertz CT molecular complexity index is 482. The van der Waals surface area contributed by atoms with Crippen molar-refractivity contribution < 1.29 is 22.3 Å². The fraction of sp³-hybridized carbons (Fsp3) is 0.571. The van der Waals surface area contributed by atoms with E-state index in [-0.39, 0.29) is 36.1 Å². The van der Waals surface area contributed by atoms with Gasteiger partial charge in [-0.15, -0.1) is 24.8 Å². The van der Waals surface area contributed by atoms with Crippen LogP contribution in [-0.2, 0) is 0 Å². The van der Waals surface area contributed by atoms with E-state index in [9.17, 15) is 17.6 Å². The largest absolute Gasteiger partial charge is 0.496 e. The number of rotatable bonds is 4. The molecular formula is C14H20Cl2F4N2O. The molecule has 0 amide bonds. The predicted molar refractivity (Wildman–Crippen MR) is 85.3 cm³/mol.